The van der Waals surface area contributed by atoms with E-state index < -0.39 is 4.92 Å². The fourth-order valence-corrected chi connectivity index (χ4v) is 0.847. The monoisotopic (exact) mass is 201 g/mol. The Balaban J connectivity index is 3.07. The zero-order valence-corrected chi connectivity index (χ0v) is 6.88. The highest BCUT2D eigenvalue weighted by Crippen LogP contribution is 2.30. The van der Waals surface area contributed by atoms with Crippen LogP contribution < -0.4 is 21.5 Å². The first-order valence-electron chi connectivity index (χ1n) is 3.37. The van der Waals surface area contributed by atoms with E-state index in [4.69, 9.17) is 5.90 Å². The summed E-state index contributed by atoms with van der Waals surface area (Å²) < 4.78 is 0. The third-order valence-corrected chi connectivity index (χ3v) is 1.40. The Morgan fingerprint density at radius 2 is 2.07 bits per heavy atom. The van der Waals surface area contributed by atoms with E-state index in [9.17, 15) is 10.1 Å². The number of benzene rings is 1. The summed E-state index contributed by atoms with van der Waals surface area (Å²) in [5.41, 5.74) is -0.345. The fourth-order valence-electron chi connectivity index (χ4n) is 0.847. The molecule has 1 aromatic carbocycles. The summed E-state index contributed by atoms with van der Waals surface area (Å²) in [5, 5.41) is 10.5. The molecule has 0 fully saturated rings. The molecule has 14 heavy (non-hydrogen) atoms. The number of hydrogen-bond donors (Lipinski definition) is 2. The Morgan fingerprint density at radius 3 is 2.57 bits per heavy atom. The lowest BCUT2D eigenvalue weighted by molar-refractivity contribution is -0.386. The van der Waals surface area contributed by atoms with Gasteiger partial charge in [-0.05, 0) is 12.1 Å². The van der Waals surface area contributed by atoms with Crippen molar-refractivity contribution in [1.29, 1.82) is 0 Å². The zero-order chi connectivity index (χ0) is 10.6. The molecule has 0 aliphatic rings. The smallest absolute Gasteiger partial charge is 0.317 e. The van der Waals surface area contributed by atoms with Crippen LogP contribution in [0, 0.1) is 10.1 Å². The lowest BCUT2D eigenvalue weighted by Gasteiger charge is -2.02. The van der Waals surface area contributed by atoms with Crippen LogP contribution in [0.5, 0.6) is 11.5 Å². The normalized spacial score (nSPS) is 9.57. The van der Waals surface area contributed by atoms with Gasteiger partial charge in [0, 0.05) is 0 Å². The molecule has 1 rings (SSSR count). The molecular weight excluding hydrogens is 194 g/mol. The van der Waals surface area contributed by atoms with Crippen molar-refractivity contribution < 1.29 is 19.6 Å². The molecular formula is C6H7N3O5. The predicted octanol–water partition coefficient (Wildman–Crippen LogP) is 0.0314. The second-order valence-electron chi connectivity index (χ2n) is 2.18. The number of rotatable bonds is 4. The third-order valence-electron chi connectivity index (χ3n) is 1.40. The highest BCUT2D eigenvalue weighted by atomic mass is 17.3. The van der Waals surface area contributed by atoms with Crippen molar-refractivity contribution in [3.63, 3.8) is 0 Å². The summed E-state index contributed by atoms with van der Waals surface area (Å²) in [6, 6.07) is 3.67. The summed E-state index contributed by atoms with van der Waals surface area (Å²) in [6.07, 6.45) is 0. The highest BCUT2D eigenvalue weighted by Gasteiger charge is 2.16. The van der Waals surface area contributed by atoms with Gasteiger partial charge in [-0.1, -0.05) is 4.99 Å². The van der Waals surface area contributed by atoms with Gasteiger partial charge in [0.25, 0.3) is 0 Å². The number of nitrogens with two attached hydrogens (primary N) is 2. The summed E-state index contributed by atoms with van der Waals surface area (Å²) in [5.74, 6) is 9.41. The first kappa shape index (κ1) is 10.2. The van der Waals surface area contributed by atoms with Gasteiger partial charge in [0.05, 0.1) is 11.0 Å². The topological polar surface area (TPSA) is 123 Å². The molecule has 0 saturated carbocycles. The van der Waals surface area contributed by atoms with Crippen LogP contribution in [0.1, 0.15) is 0 Å². The van der Waals surface area contributed by atoms with Gasteiger partial charge in [-0.3, -0.25) is 10.1 Å². The average molecular weight is 201 g/mol. The van der Waals surface area contributed by atoms with Gasteiger partial charge in [-0.2, -0.15) is 11.8 Å². The zero-order valence-electron chi connectivity index (χ0n) is 6.88. The minimum atomic E-state index is -0.675. The molecule has 4 N–H and O–H groups in total. The maximum atomic E-state index is 10.5. The van der Waals surface area contributed by atoms with Gasteiger partial charge in [-0.15, -0.1) is 0 Å². The summed E-state index contributed by atoms with van der Waals surface area (Å²) in [7, 11) is 0. The molecule has 8 heteroatoms. The first-order valence-corrected chi connectivity index (χ1v) is 3.37. The Kier molecular flexibility index (Phi) is 3.18. The average Bonchev–Trinajstić information content (AvgIpc) is 2.18. The van der Waals surface area contributed by atoms with Crippen molar-refractivity contribution in [3.05, 3.63) is 28.3 Å². The third kappa shape index (κ3) is 2.07. The summed E-state index contributed by atoms with van der Waals surface area (Å²) in [4.78, 5) is 22.3. The summed E-state index contributed by atoms with van der Waals surface area (Å²) >= 11 is 0. The Morgan fingerprint density at radius 1 is 1.36 bits per heavy atom. The van der Waals surface area contributed by atoms with Gasteiger partial charge >= 0.3 is 5.69 Å². The van der Waals surface area contributed by atoms with Crippen molar-refractivity contribution in [2.24, 2.45) is 11.8 Å². The van der Waals surface area contributed by atoms with Crippen molar-refractivity contribution in [2.75, 3.05) is 0 Å². The molecule has 0 unspecified atom stereocenters. The predicted molar refractivity (Wildman–Crippen MR) is 43.8 cm³/mol. The number of hydrogen-bond acceptors (Lipinski definition) is 7. The van der Waals surface area contributed by atoms with Crippen molar-refractivity contribution in [2.45, 2.75) is 0 Å². The molecule has 8 nitrogen and oxygen atoms in total. The van der Waals surface area contributed by atoms with E-state index in [2.05, 4.69) is 20.6 Å². The van der Waals surface area contributed by atoms with Crippen LogP contribution in [-0.4, -0.2) is 4.92 Å². The first-order chi connectivity index (χ1) is 6.69. The van der Waals surface area contributed by atoms with Gasteiger partial charge < -0.3 is 9.73 Å². The van der Waals surface area contributed by atoms with Crippen molar-refractivity contribution in [3.8, 4) is 11.5 Å². The second-order valence-corrected chi connectivity index (χ2v) is 2.18. The van der Waals surface area contributed by atoms with Crippen LogP contribution >= 0.6 is 0 Å². The maximum absolute atomic E-state index is 10.5. The van der Waals surface area contributed by atoms with E-state index in [1.165, 1.54) is 12.1 Å². The lowest BCUT2D eigenvalue weighted by atomic mass is 10.3. The molecule has 0 amide bonds. The Hall–Kier alpha value is -1.90. The van der Waals surface area contributed by atoms with Crippen LogP contribution in [0.25, 0.3) is 0 Å². The lowest BCUT2D eigenvalue weighted by Crippen LogP contribution is -2.06. The molecule has 0 spiro atoms. The summed E-state index contributed by atoms with van der Waals surface area (Å²) in [6.45, 7) is 0. The SMILES string of the molecule is NOOc1ccc(ON)c([N+](=O)[O-])c1. The van der Waals surface area contributed by atoms with E-state index in [1.807, 2.05) is 0 Å². The van der Waals surface area contributed by atoms with Crippen LogP contribution in [0.3, 0.4) is 0 Å². The molecule has 76 valence electrons. The highest BCUT2D eigenvalue weighted by molar-refractivity contribution is 5.50. The van der Waals surface area contributed by atoms with Gasteiger partial charge in [0.15, 0.2) is 5.75 Å². The fraction of sp³-hybridized carbons (Fsp3) is 0. The largest absolute Gasteiger partial charge is 0.404 e. The molecule has 0 bridgehead atoms. The van der Waals surface area contributed by atoms with Crippen LogP contribution in [0.4, 0.5) is 5.69 Å². The molecule has 0 aromatic heterocycles. The van der Waals surface area contributed by atoms with Crippen molar-refractivity contribution in [1.82, 2.24) is 0 Å². The minimum Gasteiger partial charge on any atom is -0.404 e. The number of nitrogens with zero attached hydrogens (tertiary/aromatic N) is 1. The van der Waals surface area contributed by atoms with Crippen LogP contribution in [0.2, 0.25) is 0 Å². The van der Waals surface area contributed by atoms with Crippen LogP contribution in [0.15, 0.2) is 18.2 Å². The maximum Gasteiger partial charge on any atom is 0.317 e. The molecule has 1 aromatic rings. The van der Waals surface area contributed by atoms with E-state index in [0.29, 0.717) is 0 Å². The molecule has 0 saturated heterocycles. The van der Waals surface area contributed by atoms with E-state index in [1.54, 1.807) is 0 Å². The quantitative estimate of drug-likeness (QED) is 0.400. The Labute approximate surface area is 77.9 Å². The molecule has 0 atom stereocenters. The molecule has 0 aliphatic carbocycles. The van der Waals surface area contributed by atoms with Gasteiger partial charge in [0.2, 0.25) is 5.75 Å². The standard InChI is InChI=1S/C6H7N3O5/c7-12-6-2-1-4(13-14-8)3-5(6)9(10)11/h1-3H,7-8H2. The Bertz CT molecular complexity index is 342. The molecule has 0 aliphatic heterocycles. The number of nitro groups is 1. The molecule has 0 radical (unpaired) electrons. The van der Waals surface area contributed by atoms with E-state index >= 15 is 0 Å². The van der Waals surface area contributed by atoms with E-state index in [-0.39, 0.29) is 17.2 Å². The molecule has 0 heterocycles. The van der Waals surface area contributed by atoms with Crippen LogP contribution in [-0.2, 0) is 4.99 Å². The van der Waals surface area contributed by atoms with Crippen molar-refractivity contribution >= 4 is 5.69 Å². The van der Waals surface area contributed by atoms with Gasteiger partial charge in [0.1, 0.15) is 0 Å². The van der Waals surface area contributed by atoms with E-state index in [0.717, 1.165) is 6.07 Å². The minimum absolute atomic E-state index is 0.0694. The second kappa shape index (κ2) is 4.37. The number of nitro benzene ring substituents is 1. The van der Waals surface area contributed by atoms with Gasteiger partial charge in [-0.25, -0.2) is 0 Å².